The molecule has 0 unspecified atom stereocenters. The average molecular weight is 238 g/mol. The maximum absolute atomic E-state index is 10.5. The molecule has 0 radical (unpaired) electrons. The molecule has 16 heavy (non-hydrogen) atoms. The molecular weight excluding hydrogens is 228 g/mol. The summed E-state index contributed by atoms with van der Waals surface area (Å²) >= 11 is 1.42. The van der Waals surface area contributed by atoms with Gasteiger partial charge in [-0.15, -0.1) is 10.2 Å². The fourth-order valence-corrected chi connectivity index (χ4v) is 2.42. The molecule has 0 aromatic carbocycles. The number of nitrogens with zero attached hydrogens (tertiary/aromatic N) is 4. The minimum Gasteiger partial charge on any atom is -0.481 e. The molecule has 0 atom stereocenters. The zero-order valence-electron chi connectivity index (χ0n) is 8.46. The molecule has 3 rings (SSSR count). The molecule has 84 valence electrons. The summed E-state index contributed by atoms with van der Waals surface area (Å²) in [5.74, 6) is 0.630. The van der Waals surface area contributed by atoms with Gasteiger partial charge in [-0.2, -0.15) is 9.61 Å². The van der Waals surface area contributed by atoms with E-state index in [9.17, 15) is 4.79 Å². The molecule has 2 aromatic heterocycles. The van der Waals surface area contributed by atoms with Gasteiger partial charge in [0.25, 0.3) is 0 Å². The number of hydrogen-bond acceptors (Lipinski definition) is 5. The smallest absolute Gasteiger partial charge is 0.303 e. The Kier molecular flexibility index (Phi) is 2.13. The maximum atomic E-state index is 10.5. The number of hydrogen-bond donors (Lipinski definition) is 1. The van der Waals surface area contributed by atoms with Crippen LogP contribution in [0.5, 0.6) is 0 Å². The SMILES string of the molecule is O=C(O)CCc1nn2c(C3CC3)nnc2s1. The van der Waals surface area contributed by atoms with Crippen molar-refractivity contribution in [2.45, 2.75) is 31.6 Å². The van der Waals surface area contributed by atoms with Gasteiger partial charge in [0.05, 0.1) is 6.42 Å². The third kappa shape index (κ3) is 1.67. The number of aromatic nitrogens is 4. The normalized spacial score (nSPS) is 15.8. The van der Waals surface area contributed by atoms with Crippen LogP contribution in [0.15, 0.2) is 0 Å². The summed E-state index contributed by atoms with van der Waals surface area (Å²) in [5, 5.41) is 21.9. The molecule has 0 bridgehead atoms. The van der Waals surface area contributed by atoms with Crippen LogP contribution < -0.4 is 0 Å². The third-order valence-corrected chi connectivity index (χ3v) is 3.51. The number of carboxylic acids is 1. The average Bonchev–Trinajstić information content (AvgIpc) is 2.88. The molecule has 1 saturated carbocycles. The van der Waals surface area contributed by atoms with Gasteiger partial charge in [-0.05, 0) is 12.8 Å². The van der Waals surface area contributed by atoms with E-state index in [-0.39, 0.29) is 6.42 Å². The number of fused-ring (bicyclic) bond motifs is 1. The van der Waals surface area contributed by atoms with Crippen molar-refractivity contribution in [3.63, 3.8) is 0 Å². The number of carbonyl (C=O) groups is 1. The predicted octanol–water partition coefficient (Wildman–Crippen LogP) is 1.08. The van der Waals surface area contributed by atoms with Crippen molar-refractivity contribution >= 4 is 22.3 Å². The summed E-state index contributed by atoms with van der Waals surface area (Å²) in [6, 6.07) is 0. The monoisotopic (exact) mass is 238 g/mol. The lowest BCUT2D eigenvalue weighted by atomic mass is 10.3. The third-order valence-electron chi connectivity index (χ3n) is 2.55. The van der Waals surface area contributed by atoms with Crippen molar-refractivity contribution in [3.05, 3.63) is 10.8 Å². The maximum Gasteiger partial charge on any atom is 0.303 e. The van der Waals surface area contributed by atoms with Crippen LogP contribution in [0, 0.1) is 0 Å². The molecule has 0 saturated heterocycles. The molecule has 2 aromatic rings. The van der Waals surface area contributed by atoms with Crippen LogP contribution in [0.2, 0.25) is 0 Å². The van der Waals surface area contributed by atoms with Crippen molar-refractivity contribution < 1.29 is 9.90 Å². The Morgan fingerprint density at radius 1 is 1.50 bits per heavy atom. The Morgan fingerprint density at radius 2 is 2.31 bits per heavy atom. The summed E-state index contributed by atoms with van der Waals surface area (Å²) in [7, 11) is 0. The van der Waals surface area contributed by atoms with Crippen molar-refractivity contribution in [3.8, 4) is 0 Å². The fraction of sp³-hybridized carbons (Fsp3) is 0.556. The van der Waals surface area contributed by atoms with Crippen LogP contribution in [-0.2, 0) is 11.2 Å². The molecule has 0 aliphatic heterocycles. The van der Waals surface area contributed by atoms with Crippen molar-refractivity contribution in [2.24, 2.45) is 0 Å². The van der Waals surface area contributed by atoms with E-state index in [0.29, 0.717) is 12.3 Å². The summed E-state index contributed by atoms with van der Waals surface area (Å²) in [6.07, 6.45) is 2.89. The van der Waals surface area contributed by atoms with Gasteiger partial charge < -0.3 is 5.11 Å². The highest BCUT2D eigenvalue weighted by molar-refractivity contribution is 7.16. The van der Waals surface area contributed by atoms with E-state index in [1.165, 1.54) is 11.3 Å². The Balaban J connectivity index is 1.87. The molecule has 0 amide bonds. The number of aliphatic carboxylic acids is 1. The fourth-order valence-electron chi connectivity index (χ4n) is 1.58. The molecule has 1 fully saturated rings. The minimum atomic E-state index is -0.798. The molecule has 1 N–H and O–H groups in total. The van der Waals surface area contributed by atoms with Crippen molar-refractivity contribution in [2.75, 3.05) is 0 Å². The highest BCUT2D eigenvalue weighted by Crippen LogP contribution is 2.39. The van der Waals surface area contributed by atoms with E-state index >= 15 is 0 Å². The van der Waals surface area contributed by atoms with Crippen molar-refractivity contribution in [1.82, 2.24) is 19.8 Å². The lowest BCUT2D eigenvalue weighted by molar-refractivity contribution is -0.136. The van der Waals surface area contributed by atoms with E-state index in [1.54, 1.807) is 4.52 Å². The summed E-state index contributed by atoms with van der Waals surface area (Å²) in [5.41, 5.74) is 0. The summed E-state index contributed by atoms with van der Waals surface area (Å²) in [4.78, 5) is 11.2. The Labute approximate surface area is 94.9 Å². The van der Waals surface area contributed by atoms with E-state index in [1.807, 2.05) is 0 Å². The van der Waals surface area contributed by atoms with Crippen molar-refractivity contribution in [1.29, 1.82) is 0 Å². The van der Waals surface area contributed by atoms with Gasteiger partial charge in [0, 0.05) is 12.3 Å². The Hall–Kier alpha value is -1.50. The van der Waals surface area contributed by atoms with E-state index in [4.69, 9.17) is 5.11 Å². The quantitative estimate of drug-likeness (QED) is 0.862. The molecule has 0 spiro atoms. The van der Waals surface area contributed by atoms with Crippen LogP contribution in [-0.4, -0.2) is 30.9 Å². The Morgan fingerprint density at radius 3 is 3.00 bits per heavy atom. The molecule has 1 aliphatic rings. The first-order valence-electron chi connectivity index (χ1n) is 5.17. The largest absolute Gasteiger partial charge is 0.481 e. The summed E-state index contributed by atoms with van der Waals surface area (Å²) < 4.78 is 1.76. The molecule has 1 aliphatic carbocycles. The molecule has 2 heterocycles. The lowest BCUT2D eigenvalue weighted by Gasteiger charge is -1.91. The van der Waals surface area contributed by atoms with Crippen LogP contribution in [0.4, 0.5) is 0 Å². The second-order valence-electron chi connectivity index (χ2n) is 3.92. The van der Waals surface area contributed by atoms with Gasteiger partial charge in [-0.1, -0.05) is 11.3 Å². The van der Waals surface area contributed by atoms with Gasteiger partial charge in [0.2, 0.25) is 4.96 Å². The Bertz CT molecular complexity index is 543. The van der Waals surface area contributed by atoms with Crippen LogP contribution >= 0.6 is 11.3 Å². The van der Waals surface area contributed by atoms with Crippen LogP contribution in [0.1, 0.15) is 36.0 Å². The molecule has 7 heteroatoms. The van der Waals surface area contributed by atoms with Crippen LogP contribution in [0.3, 0.4) is 0 Å². The first-order chi connectivity index (χ1) is 7.74. The van der Waals surface area contributed by atoms with Gasteiger partial charge in [-0.25, -0.2) is 0 Å². The van der Waals surface area contributed by atoms with Gasteiger partial charge in [-0.3, -0.25) is 4.79 Å². The van der Waals surface area contributed by atoms with Gasteiger partial charge >= 0.3 is 5.97 Å². The number of rotatable bonds is 4. The zero-order chi connectivity index (χ0) is 11.1. The first kappa shape index (κ1) is 9.71. The lowest BCUT2D eigenvalue weighted by Crippen LogP contribution is -1.99. The van der Waals surface area contributed by atoms with E-state index < -0.39 is 5.97 Å². The topological polar surface area (TPSA) is 80.4 Å². The van der Waals surface area contributed by atoms with E-state index in [2.05, 4.69) is 15.3 Å². The van der Waals surface area contributed by atoms with Gasteiger partial charge in [0.15, 0.2) is 5.82 Å². The van der Waals surface area contributed by atoms with E-state index in [0.717, 1.165) is 28.6 Å². The highest BCUT2D eigenvalue weighted by atomic mass is 32.1. The second kappa shape index (κ2) is 3.51. The zero-order valence-corrected chi connectivity index (χ0v) is 9.27. The highest BCUT2D eigenvalue weighted by Gasteiger charge is 2.29. The first-order valence-corrected chi connectivity index (χ1v) is 5.98. The second-order valence-corrected chi connectivity index (χ2v) is 4.96. The number of carboxylic acid groups (broad SMARTS) is 1. The summed E-state index contributed by atoms with van der Waals surface area (Å²) in [6.45, 7) is 0. The standard InChI is InChI=1S/C9H10N4O2S/c14-7(15)4-3-6-12-13-8(5-1-2-5)10-11-9(13)16-6/h5H,1-4H2,(H,14,15). The van der Waals surface area contributed by atoms with Gasteiger partial charge in [0.1, 0.15) is 5.01 Å². The molecular formula is C9H10N4O2S. The number of aryl methyl sites for hydroxylation is 1. The predicted molar refractivity (Wildman–Crippen MR) is 56.6 cm³/mol. The minimum absolute atomic E-state index is 0.114. The molecule has 6 nitrogen and oxygen atoms in total. The van der Waals surface area contributed by atoms with Crippen LogP contribution in [0.25, 0.3) is 4.96 Å².